The molecular formula is C11H24N2. The molecule has 0 bridgehead atoms. The highest BCUT2D eigenvalue weighted by atomic mass is 14.9. The second-order valence-corrected chi connectivity index (χ2v) is 3.96. The molecule has 0 aromatic rings. The SMILES string of the molecule is CCCNCC/N=C(/C)CC(C)C. The van der Waals surface area contributed by atoms with Gasteiger partial charge in [-0.2, -0.15) is 0 Å². The molecule has 0 aliphatic rings. The molecule has 2 heteroatoms. The summed E-state index contributed by atoms with van der Waals surface area (Å²) in [6.07, 6.45) is 2.34. The van der Waals surface area contributed by atoms with Gasteiger partial charge in [0.1, 0.15) is 0 Å². The van der Waals surface area contributed by atoms with E-state index in [9.17, 15) is 0 Å². The molecule has 1 N–H and O–H groups in total. The summed E-state index contributed by atoms with van der Waals surface area (Å²) in [4.78, 5) is 4.49. The van der Waals surface area contributed by atoms with Crippen molar-refractivity contribution < 1.29 is 0 Å². The van der Waals surface area contributed by atoms with Gasteiger partial charge in [0.25, 0.3) is 0 Å². The summed E-state index contributed by atoms with van der Waals surface area (Å²) in [5.41, 5.74) is 1.29. The summed E-state index contributed by atoms with van der Waals surface area (Å²) < 4.78 is 0. The Morgan fingerprint density at radius 2 is 2.00 bits per heavy atom. The Kier molecular flexibility index (Phi) is 8.00. The van der Waals surface area contributed by atoms with Crippen molar-refractivity contribution in [2.45, 2.75) is 40.5 Å². The Balaban J connectivity index is 3.36. The van der Waals surface area contributed by atoms with E-state index in [-0.39, 0.29) is 0 Å². The zero-order valence-corrected chi connectivity index (χ0v) is 9.56. The van der Waals surface area contributed by atoms with Crippen LogP contribution in [0.15, 0.2) is 4.99 Å². The molecule has 0 radical (unpaired) electrons. The van der Waals surface area contributed by atoms with E-state index in [1.165, 1.54) is 12.1 Å². The summed E-state index contributed by atoms with van der Waals surface area (Å²) in [6.45, 7) is 11.8. The van der Waals surface area contributed by atoms with Gasteiger partial charge in [-0.05, 0) is 32.2 Å². The first kappa shape index (κ1) is 12.6. The second kappa shape index (κ2) is 8.24. The van der Waals surface area contributed by atoms with Gasteiger partial charge >= 0.3 is 0 Å². The quantitative estimate of drug-likeness (QED) is 0.477. The molecular weight excluding hydrogens is 160 g/mol. The van der Waals surface area contributed by atoms with E-state index in [0.29, 0.717) is 0 Å². The minimum Gasteiger partial charge on any atom is -0.315 e. The smallest absolute Gasteiger partial charge is 0.0513 e. The van der Waals surface area contributed by atoms with E-state index in [2.05, 4.69) is 38.0 Å². The van der Waals surface area contributed by atoms with Crippen molar-refractivity contribution in [2.75, 3.05) is 19.6 Å². The number of hydrogen-bond acceptors (Lipinski definition) is 2. The third kappa shape index (κ3) is 9.54. The zero-order chi connectivity index (χ0) is 10.1. The molecule has 0 fully saturated rings. The molecule has 0 aliphatic carbocycles. The summed E-state index contributed by atoms with van der Waals surface area (Å²) in [5, 5.41) is 3.34. The molecule has 0 saturated heterocycles. The highest BCUT2D eigenvalue weighted by Gasteiger charge is 1.95. The molecule has 0 spiro atoms. The molecule has 0 aliphatic heterocycles. The molecule has 0 heterocycles. The van der Waals surface area contributed by atoms with Gasteiger partial charge in [0, 0.05) is 12.3 Å². The van der Waals surface area contributed by atoms with Crippen LogP contribution in [0.4, 0.5) is 0 Å². The highest BCUT2D eigenvalue weighted by Crippen LogP contribution is 2.00. The van der Waals surface area contributed by atoms with Crippen LogP contribution >= 0.6 is 0 Å². The van der Waals surface area contributed by atoms with Gasteiger partial charge in [-0.1, -0.05) is 20.8 Å². The Morgan fingerprint density at radius 3 is 2.54 bits per heavy atom. The van der Waals surface area contributed by atoms with Crippen LogP contribution in [0.2, 0.25) is 0 Å². The average molecular weight is 184 g/mol. The lowest BCUT2D eigenvalue weighted by molar-refractivity contribution is 0.665. The second-order valence-electron chi connectivity index (χ2n) is 3.96. The van der Waals surface area contributed by atoms with Crippen LogP contribution in [0, 0.1) is 5.92 Å². The van der Waals surface area contributed by atoms with Crippen LogP contribution in [0.3, 0.4) is 0 Å². The fourth-order valence-corrected chi connectivity index (χ4v) is 1.28. The Morgan fingerprint density at radius 1 is 1.31 bits per heavy atom. The van der Waals surface area contributed by atoms with E-state index < -0.39 is 0 Å². The lowest BCUT2D eigenvalue weighted by Crippen LogP contribution is -2.18. The van der Waals surface area contributed by atoms with Crippen LogP contribution in [0.5, 0.6) is 0 Å². The minimum absolute atomic E-state index is 0.729. The standard InChI is InChI=1S/C11H24N2/c1-5-6-12-7-8-13-11(4)9-10(2)3/h10,12H,5-9H2,1-4H3/b13-11-. The summed E-state index contributed by atoms with van der Waals surface area (Å²) in [6, 6.07) is 0. The van der Waals surface area contributed by atoms with Crippen molar-refractivity contribution in [2.24, 2.45) is 10.9 Å². The third-order valence-electron chi connectivity index (χ3n) is 1.80. The topological polar surface area (TPSA) is 24.4 Å². The van der Waals surface area contributed by atoms with E-state index in [1.54, 1.807) is 0 Å². The fraction of sp³-hybridized carbons (Fsp3) is 0.909. The summed E-state index contributed by atoms with van der Waals surface area (Å²) in [7, 11) is 0. The number of nitrogens with one attached hydrogen (secondary N) is 1. The Bertz CT molecular complexity index is 139. The average Bonchev–Trinajstić information content (AvgIpc) is 2.02. The summed E-state index contributed by atoms with van der Waals surface area (Å²) in [5.74, 6) is 0.729. The van der Waals surface area contributed by atoms with E-state index in [4.69, 9.17) is 0 Å². The van der Waals surface area contributed by atoms with E-state index in [1.807, 2.05) is 0 Å². The predicted molar refractivity (Wildman–Crippen MR) is 60.6 cm³/mol. The van der Waals surface area contributed by atoms with Crippen molar-refractivity contribution in [3.8, 4) is 0 Å². The van der Waals surface area contributed by atoms with Crippen molar-refractivity contribution in [3.05, 3.63) is 0 Å². The van der Waals surface area contributed by atoms with Gasteiger partial charge in [-0.15, -0.1) is 0 Å². The molecule has 0 atom stereocenters. The number of hydrogen-bond donors (Lipinski definition) is 1. The summed E-state index contributed by atoms with van der Waals surface area (Å²) >= 11 is 0. The first-order chi connectivity index (χ1) is 6.16. The number of rotatable bonds is 7. The van der Waals surface area contributed by atoms with Gasteiger partial charge in [0.05, 0.1) is 6.54 Å². The maximum atomic E-state index is 4.49. The van der Waals surface area contributed by atoms with Crippen molar-refractivity contribution in [1.29, 1.82) is 0 Å². The van der Waals surface area contributed by atoms with Gasteiger partial charge in [0.15, 0.2) is 0 Å². The highest BCUT2D eigenvalue weighted by molar-refractivity contribution is 5.82. The number of aliphatic imine (C=N–C) groups is 1. The number of nitrogens with zero attached hydrogens (tertiary/aromatic N) is 1. The molecule has 13 heavy (non-hydrogen) atoms. The van der Waals surface area contributed by atoms with Crippen molar-refractivity contribution in [3.63, 3.8) is 0 Å². The van der Waals surface area contributed by atoms with Crippen LogP contribution in [-0.2, 0) is 0 Å². The van der Waals surface area contributed by atoms with E-state index in [0.717, 1.165) is 32.0 Å². The van der Waals surface area contributed by atoms with Crippen LogP contribution in [-0.4, -0.2) is 25.3 Å². The van der Waals surface area contributed by atoms with E-state index >= 15 is 0 Å². The zero-order valence-electron chi connectivity index (χ0n) is 9.56. The first-order valence-corrected chi connectivity index (χ1v) is 5.37. The monoisotopic (exact) mass is 184 g/mol. The maximum absolute atomic E-state index is 4.49. The lowest BCUT2D eigenvalue weighted by Gasteiger charge is -2.04. The van der Waals surface area contributed by atoms with Crippen LogP contribution < -0.4 is 5.32 Å². The molecule has 0 saturated carbocycles. The van der Waals surface area contributed by atoms with Crippen molar-refractivity contribution >= 4 is 5.71 Å². The predicted octanol–water partition coefficient (Wildman–Crippen LogP) is 2.49. The molecule has 78 valence electrons. The van der Waals surface area contributed by atoms with Crippen molar-refractivity contribution in [1.82, 2.24) is 5.32 Å². The van der Waals surface area contributed by atoms with Gasteiger partial charge in [0.2, 0.25) is 0 Å². The first-order valence-electron chi connectivity index (χ1n) is 5.37. The Hall–Kier alpha value is -0.370. The Labute approximate surface area is 82.8 Å². The molecule has 0 amide bonds. The van der Waals surface area contributed by atoms with Gasteiger partial charge < -0.3 is 5.32 Å². The molecule has 0 unspecified atom stereocenters. The maximum Gasteiger partial charge on any atom is 0.0513 e. The fourth-order valence-electron chi connectivity index (χ4n) is 1.28. The van der Waals surface area contributed by atoms with Crippen LogP contribution in [0.25, 0.3) is 0 Å². The van der Waals surface area contributed by atoms with Crippen LogP contribution in [0.1, 0.15) is 40.5 Å². The normalized spacial score (nSPS) is 12.5. The molecule has 0 aromatic carbocycles. The third-order valence-corrected chi connectivity index (χ3v) is 1.80. The molecule has 0 aromatic heterocycles. The lowest BCUT2D eigenvalue weighted by atomic mass is 10.1. The minimum atomic E-state index is 0.729. The van der Waals surface area contributed by atoms with Gasteiger partial charge in [-0.25, -0.2) is 0 Å². The molecule has 2 nitrogen and oxygen atoms in total. The molecule has 0 rings (SSSR count). The van der Waals surface area contributed by atoms with Gasteiger partial charge in [-0.3, -0.25) is 4.99 Å². The largest absolute Gasteiger partial charge is 0.315 e.